The van der Waals surface area contributed by atoms with Gasteiger partial charge >= 0.3 is 15.2 Å². The van der Waals surface area contributed by atoms with E-state index in [0.29, 0.717) is 27.8 Å². The number of benzene rings is 5. The molecule has 0 aromatic heterocycles. The quantitative estimate of drug-likeness (QED) is 0.0452. The molecule has 51 heavy (non-hydrogen) atoms. The van der Waals surface area contributed by atoms with Gasteiger partial charge in [0, 0.05) is 22.3 Å². The predicted molar refractivity (Wildman–Crippen MR) is 190 cm³/mol. The third kappa shape index (κ3) is 6.63. The summed E-state index contributed by atoms with van der Waals surface area (Å²) in [5.41, 5.74) is 11.4. The van der Waals surface area contributed by atoms with Crippen LogP contribution < -0.4 is 25.8 Å². The lowest BCUT2D eigenvalue weighted by atomic mass is 9.78. The first-order valence-corrected chi connectivity index (χ1v) is 17.3. The van der Waals surface area contributed by atoms with Crippen molar-refractivity contribution in [3.8, 4) is 17.2 Å². The number of phenols is 2. The van der Waals surface area contributed by atoms with E-state index in [-0.39, 0.29) is 34.5 Å². The van der Waals surface area contributed by atoms with Gasteiger partial charge in [0.15, 0.2) is 10.5 Å². The number of hydrogen-bond donors (Lipinski definition) is 2. The Labute approximate surface area is 292 Å². The zero-order valence-electron chi connectivity index (χ0n) is 28.6. The predicted octanol–water partition coefficient (Wildman–Crippen LogP) is 6.16. The second-order valence-electron chi connectivity index (χ2n) is 12.8. The van der Waals surface area contributed by atoms with Crippen molar-refractivity contribution in [3.05, 3.63) is 147 Å². The molecule has 0 fully saturated rings. The first kappa shape index (κ1) is 36.2. The Morgan fingerprint density at radius 3 is 1.86 bits per heavy atom. The average molecular weight is 707 g/mol. The van der Waals surface area contributed by atoms with Crippen molar-refractivity contribution in [2.24, 2.45) is 15.4 Å². The number of diazo groups is 1. The Hall–Kier alpha value is -6.07. The summed E-state index contributed by atoms with van der Waals surface area (Å²) in [6.07, 6.45) is 0. The van der Waals surface area contributed by atoms with Crippen LogP contribution in [0.2, 0.25) is 0 Å². The second kappa shape index (κ2) is 14.0. The third-order valence-corrected chi connectivity index (χ3v) is 10.1. The van der Waals surface area contributed by atoms with E-state index in [1.54, 1.807) is 30.3 Å². The monoisotopic (exact) mass is 706 g/mol. The van der Waals surface area contributed by atoms with Gasteiger partial charge in [-0.2, -0.15) is 8.42 Å². The third-order valence-electron chi connectivity index (χ3n) is 8.84. The lowest BCUT2D eigenvalue weighted by Gasteiger charge is -2.27. The van der Waals surface area contributed by atoms with Crippen LogP contribution in [-0.4, -0.2) is 18.6 Å². The molecule has 0 aliphatic heterocycles. The maximum atomic E-state index is 14.3. The van der Waals surface area contributed by atoms with Crippen LogP contribution in [0.25, 0.3) is 21.4 Å². The Morgan fingerprint density at radius 1 is 0.765 bits per heavy atom. The summed E-state index contributed by atoms with van der Waals surface area (Å²) in [6, 6.07) is 17.1. The molecule has 0 unspecified atom stereocenters. The molecule has 0 saturated carbocycles. The number of nitrogens with zero attached hydrogens (tertiary/aromatic N) is 6. The molecule has 13 nitrogen and oxygen atoms in total. The first-order valence-electron chi connectivity index (χ1n) is 15.9. The Morgan fingerprint density at radius 2 is 1.33 bits per heavy atom. The molecule has 5 aromatic rings. The van der Waals surface area contributed by atoms with Crippen LogP contribution in [0.5, 0.6) is 17.2 Å². The SMILES string of the molecule is Cc1cc(O)c(C(C)C)cc1C(c1cc(C(C)C)c(O)cc1C)c1ccccc1OS(=O)(=O)c1cccc2c(=O)c(=O)c(=NN=[N-])c(=N[N+]#N)c12. The highest BCUT2D eigenvalue weighted by Gasteiger charge is 2.30. The van der Waals surface area contributed by atoms with Crippen LogP contribution in [0, 0.1) is 19.2 Å². The van der Waals surface area contributed by atoms with Crippen molar-refractivity contribution in [2.45, 2.75) is 64.2 Å². The van der Waals surface area contributed by atoms with E-state index < -0.39 is 47.9 Å². The van der Waals surface area contributed by atoms with Gasteiger partial charge in [-0.3, -0.25) is 14.8 Å². The summed E-state index contributed by atoms with van der Waals surface area (Å²) in [4.78, 5) is 25.2. The van der Waals surface area contributed by atoms with E-state index in [9.17, 15) is 33.6 Å². The molecule has 0 aliphatic rings. The minimum atomic E-state index is -4.88. The molecule has 0 radical (unpaired) electrons. The van der Waals surface area contributed by atoms with Gasteiger partial charge in [0.05, 0.1) is 5.36 Å². The zero-order chi connectivity index (χ0) is 37.4. The molecular formula is C37H34N6O7S. The van der Waals surface area contributed by atoms with Crippen molar-refractivity contribution in [3.63, 3.8) is 0 Å². The van der Waals surface area contributed by atoms with Crippen LogP contribution >= 0.6 is 0 Å². The second-order valence-corrected chi connectivity index (χ2v) is 14.3. The minimum Gasteiger partial charge on any atom is -0.508 e. The van der Waals surface area contributed by atoms with Crippen LogP contribution in [0.1, 0.15) is 84.4 Å². The molecule has 5 rings (SSSR count). The fraction of sp³-hybridized carbons (Fsp3) is 0.243. The van der Waals surface area contributed by atoms with Crippen LogP contribution in [0.15, 0.2) is 96.6 Å². The number of rotatable bonds is 9. The van der Waals surface area contributed by atoms with E-state index in [0.717, 1.165) is 17.2 Å². The number of aryl methyl sites for hydroxylation is 2. The molecular weight excluding hydrogens is 673 g/mol. The van der Waals surface area contributed by atoms with Crippen molar-refractivity contribution < 1.29 is 22.8 Å². The molecule has 0 amide bonds. The maximum absolute atomic E-state index is 14.3. The Bertz CT molecular complexity index is 2560. The van der Waals surface area contributed by atoms with Gasteiger partial charge < -0.3 is 25.0 Å². The lowest BCUT2D eigenvalue weighted by Crippen LogP contribution is -2.48. The molecule has 14 heteroatoms. The highest BCUT2D eigenvalue weighted by atomic mass is 32.2. The Balaban J connectivity index is 1.84. The van der Waals surface area contributed by atoms with Gasteiger partial charge in [0.2, 0.25) is 10.9 Å². The molecule has 0 saturated heterocycles. The van der Waals surface area contributed by atoms with Gasteiger partial charge in [-0.25, -0.2) is 0 Å². The number of phenolic OH excluding ortho intramolecular Hbond substituents is 2. The van der Waals surface area contributed by atoms with Gasteiger partial charge in [-0.05, 0) is 83.3 Å². The van der Waals surface area contributed by atoms with Crippen LogP contribution in [0.3, 0.4) is 0 Å². The summed E-state index contributed by atoms with van der Waals surface area (Å²) >= 11 is 0. The van der Waals surface area contributed by atoms with Gasteiger partial charge in [-0.1, -0.05) is 70.2 Å². The van der Waals surface area contributed by atoms with Crippen molar-refractivity contribution >= 4 is 20.9 Å². The van der Waals surface area contributed by atoms with Gasteiger partial charge in [0.1, 0.15) is 22.1 Å². The standard InChI is InChI=1S/C37H34N6O7S/c1-18(2)24-16-26(20(5)14-28(24)44)32(27-17-25(19(3)4)29(45)15-21(27)6)22-10-7-8-12-30(22)50-51(48,49)31-13-9-11-23-33(31)34(40-42-38)35(41-43-39)37(47)36(23)46/h7-19,32,44-45H,1-6H3. The Kier molecular flexibility index (Phi) is 9.97. The van der Waals surface area contributed by atoms with Gasteiger partial charge in [0.25, 0.3) is 5.39 Å². The number of para-hydroxylation sites is 1. The van der Waals surface area contributed by atoms with Crippen LogP contribution in [-0.2, 0) is 10.1 Å². The van der Waals surface area contributed by atoms with Gasteiger partial charge in [-0.15, -0.1) is 0 Å². The van der Waals surface area contributed by atoms with Crippen molar-refractivity contribution in [1.29, 1.82) is 5.39 Å². The van der Waals surface area contributed by atoms with Crippen molar-refractivity contribution in [2.75, 3.05) is 0 Å². The van der Waals surface area contributed by atoms with E-state index in [1.165, 1.54) is 18.2 Å². The largest absolute Gasteiger partial charge is 0.508 e. The average Bonchev–Trinajstić information content (AvgIpc) is 3.06. The normalized spacial score (nSPS) is 12.6. The molecule has 2 N–H and O–H groups in total. The lowest BCUT2D eigenvalue weighted by molar-refractivity contribution is 0.464. The summed E-state index contributed by atoms with van der Waals surface area (Å²) in [5, 5.41) is 40.6. The van der Waals surface area contributed by atoms with E-state index >= 15 is 0 Å². The topological polar surface area (TPSA) is 206 Å². The first-order chi connectivity index (χ1) is 24.1. The maximum Gasteiger partial charge on any atom is 0.339 e. The van der Waals surface area contributed by atoms with E-state index in [4.69, 9.17) is 9.71 Å². The highest BCUT2D eigenvalue weighted by Crippen LogP contribution is 2.45. The minimum absolute atomic E-state index is 0.0589. The summed E-state index contributed by atoms with van der Waals surface area (Å²) in [7, 11) is -4.88. The summed E-state index contributed by atoms with van der Waals surface area (Å²) in [5.74, 6) is -0.638. The molecule has 5 aromatic carbocycles. The molecule has 0 heterocycles. The molecule has 0 atom stereocenters. The van der Waals surface area contributed by atoms with Crippen LogP contribution in [0.4, 0.5) is 0 Å². The van der Waals surface area contributed by atoms with Crippen molar-refractivity contribution in [1.82, 2.24) is 0 Å². The zero-order valence-corrected chi connectivity index (χ0v) is 29.4. The molecule has 0 bridgehead atoms. The number of aromatic hydroxyl groups is 2. The van der Waals surface area contributed by atoms with E-state index in [1.807, 2.05) is 53.7 Å². The highest BCUT2D eigenvalue weighted by molar-refractivity contribution is 7.87. The smallest absolute Gasteiger partial charge is 0.339 e. The van der Waals surface area contributed by atoms with E-state index in [2.05, 4.69) is 20.5 Å². The molecule has 0 spiro atoms. The number of fused-ring (bicyclic) bond motifs is 1. The molecule has 260 valence electrons. The molecule has 0 aliphatic carbocycles. The fourth-order valence-corrected chi connectivity index (χ4v) is 7.55. The summed E-state index contributed by atoms with van der Waals surface area (Å²) in [6.45, 7) is 11.5. The fourth-order valence-electron chi connectivity index (χ4n) is 6.37. The summed E-state index contributed by atoms with van der Waals surface area (Å²) < 4.78 is 34.5. The number of hydrogen-bond acceptors (Lipinski definition) is 10.